The van der Waals surface area contributed by atoms with Crippen LogP contribution in [0.25, 0.3) is 10.6 Å². The first-order valence-corrected chi connectivity index (χ1v) is 11.4. The van der Waals surface area contributed by atoms with Crippen LogP contribution in [0.4, 0.5) is 11.4 Å². The standard InChI is InChI=1S/C23H24N4O4S/c1-2-31-21-6-4-3-5-20(21)23-24-17(16-32-23)15-22(28)26-13-11-25(12-14-26)18-7-9-19(10-8-18)27(29)30/h3-10,16H,2,11-15H2,1H3. The highest BCUT2D eigenvalue weighted by Crippen LogP contribution is 2.32. The molecule has 9 heteroatoms. The second-order valence-corrected chi connectivity index (χ2v) is 8.25. The summed E-state index contributed by atoms with van der Waals surface area (Å²) in [6, 6.07) is 14.3. The van der Waals surface area contributed by atoms with Gasteiger partial charge in [-0.25, -0.2) is 4.98 Å². The van der Waals surface area contributed by atoms with E-state index in [1.54, 1.807) is 12.1 Å². The van der Waals surface area contributed by atoms with Gasteiger partial charge in [0.2, 0.25) is 5.91 Å². The lowest BCUT2D eigenvalue weighted by Crippen LogP contribution is -2.49. The number of anilines is 1. The fraction of sp³-hybridized carbons (Fsp3) is 0.304. The zero-order valence-corrected chi connectivity index (χ0v) is 18.6. The summed E-state index contributed by atoms with van der Waals surface area (Å²) in [5, 5.41) is 13.6. The van der Waals surface area contributed by atoms with E-state index in [4.69, 9.17) is 4.74 Å². The maximum Gasteiger partial charge on any atom is 0.269 e. The summed E-state index contributed by atoms with van der Waals surface area (Å²) in [6.45, 7) is 5.13. The maximum atomic E-state index is 12.8. The van der Waals surface area contributed by atoms with E-state index in [9.17, 15) is 14.9 Å². The lowest BCUT2D eigenvalue weighted by Gasteiger charge is -2.36. The number of ether oxygens (including phenoxy) is 1. The van der Waals surface area contributed by atoms with E-state index in [1.807, 2.05) is 41.5 Å². The number of piperazine rings is 1. The van der Waals surface area contributed by atoms with Crippen molar-refractivity contribution < 1.29 is 14.5 Å². The van der Waals surface area contributed by atoms with Gasteiger partial charge in [0.15, 0.2) is 0 Å². The minimum atomic E-state index is -0.403. The predicted molar refractivity (Wildman–Crippen MR) is 124 cm³/mol. The van der Waals surface area contributed by atoms with E-state index < -0.39 is 4.92 Å². The fourth-order valence-corrected chi connectivity index (χ4v) is 4.55. The van der Waals surface area contributed by atoms with E-state index in [2.05, 4.69) is 9.88 Å². The van der Waals surface area contributed by atoms with Crippen molar-refractivity contribution in [2.45, 2.75) is 13.3 Å². The third kappa shape index (κ3) is 4.88. The average Bonchev–Trinajstić information content (AvgIpc) is 3.28. The number of carbonyl (C=O) groups is 1. The van der Waals surface area contributed by atoms with Crippen LogP contribution in [0.15, 0.2) is 53.9 Å². The number of carbonyl (C=O) groups excluding carboxylic acids is 1. The Morgan fingerprint density at radius 3 is 2.53 bits per heavy atom. The Morgan fingerprint density at radius 2 is 1.84 bits per heavy atom. The van der Waals surface area contributed by atoms with Crippen LogP contribution in [0.3, 0.4) is 0 Å². The van der Waals surface area contributed by atoms with Gasteiger partial charge < -0.3 is 14.5 Å². The van der Waals surface area contributed by atoms with Crippen LogP contribution in [-0.4, -0.2) is 53.5 Å². The molecule has 0 saturated carbocycles. The number of thiazole rings is 1. The molecule has 0 spiro atoms. The number of nitrogens with zero attached hydrogens (tertiary/aromatic N) is 4. The normalized spacial score (nSPS) is 13.8. The monoisotopic (exact) mass is 452 g/mol. The third-order valence-electron chi connectivity index (χ3n) is 5.36. The molecule has 1 saturated heterocycles. The van der Waals surface area contributed by atoms with Crippen molar-refractivity contribution >= 4 is 28.6 Å². The van der Waals surface area contributed by atoms with E-state index >= 15 is 0 Å². The summed E-state index contributed by atoms with van der Waals surface area (Å²) >= 11 is 1.51. The molecule has 1 fully saturated rings. The quantitative estimate of drug-likeness (QED) is 0.398. The van der Waals surface area contributed by atoms with Gasteiger partial charge in [0.05, 0.1) is 29.2 Å². The number of para-hydroxylation sites is 1. The summed E-state index contributed by atoms with van der Waals surface area (Å²) in [6.07, 6.45) is 0.269. The molecule has 1 aliphatic rings. The number of nitro benzene ring substituents is 1. The molecule has 1 amide bonds. The molecule has 2 aromatic carbocycles. The highest BCUT2D eigenvalue weighted by molar-refractivity contribution is 7.13. The molecule has 1 aliphatic heterocycles. The van der Waals surface area contributed by atoms with Gasteiger partial charge >= 0.3 is 0 Å². The van der Waals surface area contributed by atoms with Crippen LogP contribution in [-0.2, 0) is 11.2 Å². The highest BCUT2D eigenvalue weighted by atomic mass is 32.1. The number of amides is 1. The molecule has 32 heavy (non-hydrogen) atoms. The first-order valence-electron chi connectivity index (χ1n) is 10.5. The summed E-state index contributed by atoms with van der Waals surface area (Å²) in [4.78, 5) is 31.9. The Balaban J connectivity index is 1.34. The molecule has 0 N–H and O–H groups in total. The number of rotatable bonds is 7. The Kier molecular flexibility index (Phi) is 6.65. The van der Waals surface area contributed by atoms with Gasteiger partial charge in [-0.1, -0.05) is 12.1 Å². The van der Waals surface area contributed by atoms with Gasteiger partial charge in [-0.15, -0.1) is 11.3 Å². The van der Waals surface area contributed by atoms with Crippen LogP contribution in [0.1, 0.15) is 12.6 Å². The maximum absolute atomic E-state index is 12.8. The summed E-state index contributed by atoms with van der Waals surface area (Å²) in [5.74, 6) is 0.855. The van der Waals surface area contributed by atoms with Gasteiger partial charge in [-0.05, 0) is 31.2 Å². The molecule has 166 valence electrons. The minimum absolute atomic E-state index is 0.0586. The minimum Gasteiger partial charge on any atom is -0.493 e. The van der Waals surface area contributed by atoms with Crippen LogP contribution in [0.5, 0.6) is 5.75 Å². The first-order chi connectivity index (χ1) is 15.5. The number of aromatic nitrogens is 1. The van der Waals surface area contributed by atoms with Gasteiger partial charge in [0.25, 0.3) is 5.69 Å². The van der Waals surface area contributed by atoms with Crippen LogP contribution >= 0.6 is 11.3 Å². The predicted octanol–water partition coefficient (Wildman–Crippen LogP) is 4.01. The van der Waals surface area contributed by atoms with Gasteiger partial charge in [0.1, 0.15) is 10.8 Å². The van der Waals surface area contributed by atoms with Crippen molar-refractivity contribution in [1.29, 1.82) is 0 Å². The zero-order chi connectivity index (χ0) is 22.5. The molecule has 1 aromatic heterocycles. The van der Waals surface area contributed by atoms with E-state index in [1.165, 1.54) is 23.5 Å². The molecular weight excluding hydrogens is 428 g/mol. The molecule has 0 radical (unpaired) electrons. The molecule has 0 bridgehead atoms. The third-order valence-corrected chi connectivity index (χ3v) is 6.28. The number of benzene rings is 2. The Bertz CT molecular complexity index is 1090. The van der Waals surface area contributed by atoms with Crippen molar-refractivity contribution in [1.82, 2.24) is 9.88 Å². The Labute approximate surface area is 190 Å². The summed E-state index contributed by atoms with van der Waals surface area (Å²) < 4.78 is 5.70. The second-order valence-electron chi connectivity index (χ2n) is 7.39. The zero-order valence-electron chi connectivity index (χ0n) is 17.8. The van der Waals surface area contributed by atoms with Crippen molar-refractivity contribution in [2.75, 3.05) is 37.7 Å². The average molecular weight is 453 g/mol. The molecule has 8 nitrogen and oxygen atoms in total. The number of hydrogen-bond acceptors (Lipinski definition) is 7. The van der Waals surface area contributed by atoms with Crippen LogP contribution in [0.2, 0.25) is 0 Å². The lowest BCUT2D eigenvalue weighted by atomic mass is 10.2. The van der Waals surface area contributed by atoms with Crippen LogP contribution < -0.4 is 9.64 Å². The molecule has 0 aliphatic carbocycles. The lowest BCUT2D eigenvalue weighted by molar-refractivity contribution is -0.384. The molecule has 0 atom stereocenters. The topological polar surface area (TPSA) is 88.8 Å². The molecule has 3 aromatic rings. The Morgan fingerprint density at radius 1 is 1.12 bits per heavy atom. The van der Waals surface area contributed by atoms with Gasteiger partial charge in [-0.3, -0.25) is 14.9 Å². The van der Waals surface area contributed by atoms with E-state index in [-0.39, 0.29) is 18.0 Å². The highest BCUT2D eigenvalue weighted by Gasteiger charge is 2.23. The van der Waals surface area contributed by atoms with Crippen LogP contribution in [0, 0.1) is 10.1 Å². The molecule has 0 unspecified atom stereocenters. The summed E-state index contributed by atoms with van der Waals surface area (Å²) in [5.41, 5.74) is 2.71. The largest absolute Gasteiger partial charge is 0.493 e. The summed E-state index contributed by atoms with van der Waals surface area (Å²) in [7, 11) is 0. The fourth-order valence-electron chi connectivity index (χ4n) is 3.70. The smallest absolute Gasteiger partial charge is 0.269 e. The van der Waals surface area contributed by atoms with Crippen molar-refractivity contribution in [2.24, 2.45) is 0 Å². The molecular formula is C23H24N4O4S. The van der Waals surface area contributed by atoms with E-state index in [0.29, 0.717) is 32.8 Å². The van der Waals surface area contributed by atoms with Crippen molar-refractivity contribution in [3.05, 3.63) is 69.7 Å². The second kappa shape index (κ2) is 9.78. The molecule has 4 rings (SSSR count). The first kappa shape index (κ1) is 21.8. The SMILES string of the molecule is CCOc1ccccc1-c1nc(CC(=O)N2CCN(c3ccc([N+](=O)[O-])cc3)CC2)cs1. The number of nitro groups is 1. The molecule has 2 heterocycles. The van der Waals surface area contributed by atoms with Gasteiger partial charge in [-0.2, -0.15) is 0 Å². The number of non-ortho nitro benzene ring substituents is 1. The van der Waals surface area contributed by atoms with Crippen molar-refractivity contribution in [3.8, 4) is 16.3 Å². The van der Waals surface area contributed by atoms with E-state index in [0.717, 1.165) is 27.7 Å². The van der Waals surface area contributed by atoms with Gasteiger partial charge in [0, 0.05) is 49.4 Å². The number of hydrogen-bond donors (Lipinski definition) is 0. The Hall–Kier alpha value is -3.46. The van der Waals surface area contributed by atoms with Crippen molar-refractivity contribution in [3.63, 3.8) is 0 Å².